The number of carbonyl (C=O) groups is 1. The number of halogens is 1. The summed E-state index contributed by atoms with van der Waals surface area (Å²) in [7, 11) is 0. The summed E-state index contributed by atoms with van der Waals surface area (Å²) in [6.45, 7) is 1.57. The van der Waals surface area contributed by atoms with Crippen LogP contribution in [0.2, 0.25) is 5.32 Å². The first-order valence-electron chi connectivity index (χ1n) is 6.35. The Morgan fingerprint density at radius 3 is 2.40 bits per heavy atom. The molecule has 2 rings (SSSR count). The summed E-state index contributed by atoms with van der Waals surface area (Å²) >= 11 is 3.79. The first-order valence-corrected chi connectivity index (χ1v) is 9.21. The van der Waals surface area contributed by atoms with Crippen LogP contribution in [-0.2, 0) is 4.79 Å². The van der Waals surface area contributed by atoms with Crippen molar-refractivity contribution in [1.82, 2.24) is 5.32 Å². The Morgan fingerprint density at radius 1 is 1.15 bits per heavy atom. The molecule has 20 heavy (non-hydrogen) atoms. The summed E-state index contributed by atoms with van der Waals surface area (Å²) in [5.74, 6) is 0.0155. The van der Waals surface area contributed by atoms with Gasteiger partial charge in [0.1, 0.15) is 0 Å². The van der Waals surface area contributed by atoms with Gasteiger partial charge < -0.3 is 0 Å². The number of rotatable bonds is 5. The van der Waals surface area contributed by atoms with Gasteiger partial charge in [0, 0.05) is 0 Å². The van der Waals surface area contributed by atoms with Crippen molar-refractivity contribution in [3.05, 3.63) is 64.6 Å². The van der Waals surface area contributed by atoms with Crippen LogP contribution in [0.1, 0.15) is 18.5 Å². The maximum absolute atomic E-state index is 11.4. The first-order chi connectivity index (χ1) is 9.65. The van der Waals surface area contributed by atoms with Crippen LogP contribution in [0.4, 0.5) is 0 Å². The third-order valence-electron chi connectivity index (χ3n) is 2.81. The molecule has 0 saturated heterocycles. The number of hydrogen-bond donors (Lipinski definition) is 1. The quantitative estimate of drug-likeness (QED) is 0.773. The number of amides is 1. The van der Waals surface area contributed by atoms with Crippen LogP contribution < -0.4 is 9.78 Å². The summed E-state index contributed by atoms with van der Waals surface area (Å²) in [4.78, 5) is 11.4. The van der Waals surface area contributed by atoms with Gasteiger partial charge in [-0.15, -0.1) is 0 Å². The third-order valence-corrected chi connectivity index (χ3v) is 5.66. The van der Waals surface area contributed by atoms with Gasteiger partial charge in [-0.1, -0.05) is 0 Å². The van der Waals surface area contributed by atoms with E-state index in [1.807, 2.05) is 18.2 Å². The van der Waals surface area contributed by atoms with E-state index in [0.29, 0.717) is 15.0 Å². The number of hydrogen-bond acceptors (Lipinski definition) is 1. The van der Waals surface area contributed by atoms with Crippen molar-refractivity contribution in [1.29, 1.82) is 0 Å². The molecule has 0 aliphatic rings. The van der Waals surface area contributed by atoms with Gasteiger partial charge in [0.2, 0.25) is 0 Å². The molecular formula is C16H16BrNOSe. The Balaban J connectivity index is 2.07. The molecule has 0 saturated carbocycles. The first kappa shape index (κ1) is 15.3. The van der Waals surface area contributed by atoms with Gasteiger partial charge in [0.15, 0.2) is 0 Å². The zero-order valence-corrected chi connectivity index (χ0v) is 14.5. The van der Waals surface area contributed by atoms with Crippen LogP contribution in [0.5, 0.6) is 0 Å². The minimum absolute atomic E-state index is 0.0155. The van der Waals surface area contributed by atoms with Crippen LogP contribution in [0, 0.1) is 0 Å². The van der Waals surface area contributed by atoms with Crippen LogP contribution in [0.25, 0.3) is 0 Å². The molecule has 1 amide bonds. The van der Waals surface area contributed by atoms with E-state index in [4.69, 9.17) is 0 Å². The fourth-order valence-corrected chi connectivity index (χ4v) is 4.19. The average Bonchev–Trinajstić information content (AvgIpc) is 2.45. The van der Waals surface area contributed by atoms with Crippen LogP contribution >= 0.6 is 15.9 Å². The van der Waals surface area contributed by atoms with E-state index < -0.39 is 0 Å². The number of carbonyl (C=O) groups excluding carboxylic acids is 1. The summed E-state index contributed by atoms with van der Waals surface area (Å²) in [5, 5.41) is 4.00. The molecule has 0 spiro atoms. The van der Waals surface area contributed by atoms with Gasteiger partial charge in [0.25, 0.3) is 0 Å². The molecule has 1 atom stereocenters. The molecule has 0 aliphatic carbocycles. The Bertz CT molecular complexity index is 556. The van der Waals surface area contributed by atoms with Crippen LogP contribution in [0.3, 0.4) is 0 Å². The molecule has 1 unspecified atom stereocenters. The van der Waals surface area contributed by atoms with Gasteiger partial charge in [-0.2, -0.15) is 0 Å². The van der Waals surface area contributed by atoms with Crippen molar-refractivity contribution in [2.24, 2.45) is 0 Å². The van der Waals surface area contributed by atoms with Crippen LogP contribution in [-0.4, -0.2) is 20.9 Å². The van der Waals surface area contributed by atoms with Gasteiger partial charge in [-0.3, -0.25) is 0 Å². The van der Waals surface area contributed by atoms with Crippen molar-refractivity contribution in [3.63, 3.8) is 0 Å². The summed E-state index contributed by atoms with van der Waals surface area (Å²) < 4.78 is 2.41. The molecule has 0 fully saturated rings. The molecule has 0 aliphatic heterocycles. The SMILES string of the molecule is CC(=O)NC(C[Se]c1ccccc1)c1ccc(Br)cc1. The van der Waals surface area contributed by atoms with E-state index in [9.17, 15) is 4.79 Å². The van der Waals surface area contributed by atoms with Crippen molar-refractivity contribution >= 4 is 41.3 Å². The Hall–Kier alpha value is -1.09. The van der Waals surface area contributed by atoms with Gasteiger partial charge in [-0.25, -0.2) is 0 Å². The predicted molar refractivity (Wildman–Crippen MR) is 87.3 cm³/mol. The normalized spacial score (nSPS) is 11.9. The van der Waals surface area contributed by atoms with Crippen LogP contribution in [0.15, 0.2) is 59.1 Å². The molecule has 0 heterocycles. The van der Waals surface area contributed by atoms with E-state index in [2.05, 4.69) is 57.6 Å². The van der Waals surface area contributed by atoms with Crippen molar-refractivity contribution in [3.8, 4) is 0 Å². The molecular weight excluding hydrogens is 381 g/mol. The second kappa shape index (κ2) is 7.63. The number of benzene rings is 2. The fraction of sp³-hybridized carbons (Fsp3) is 0.188. The zero-order chi connectivity index (χ0) is 14.4. The molecule has 0 bridgehead atoms. The molecule has 2 aromatic rings. The monoisotopic (exact) mass is 397 g/mol. The molecule has 2 aromatic carbocycles. The van der Waals surface area contributed by atoms with E-state index >= 15 is 0 Å². The standard InChI is InChI=1S/C16H16BrNOSe/c1-12(19)18-16(13-7-9-14(17)10-8-13)11-20-15-5-3-2-4-6-15/h2-10,16H,11H2,1H3,(H,18,19). The Labute approximate surface area is 134 Å². The predicted octanol–water partition coefficient (Wildman–Crippen LogP) is 3.07. The van der Waals surface area contributed by atoms with E-state index in [-0.39, 0.29) is 11.9 Å². The number of nitrogens with one attached hydrogen (secondary N) is 1. The van der Waals surface area contributed by atoms with E-state index in [1.54, 1.807) is 6.92 Å². The molecule has 2 nitrogen and oxygen atoms in total. The molecule has 4 heteroatoms. The van der Waals surface area contributed by atoms with Gasteiger partial charge in [-0.05, 0) is 0 Å². The van der Waals surface area contributed by atoms with Crippen molar-refractivity contribution in [2.75, 3.05) is 0 Å². The Morgan fingerprint density at radius 2 is 1.80 bits per heavy atom. The zero-order valence-electron chi connectivity index (χ0n) is 11.2. The van der Waals surface area contributed by atoms with Crippen molar-refractivity contribution < 1.29 is 4.79 Å². The Kier molecular flexibility index (Phi) is 5.84. The second-order valence-corrected chi connectivity index (χ2v) is 7.64. The van der Waals surface area contributed by atoms with Gasteiger partial charge >= 0.3 is 134 Å². The molecule has 1 N–H and O–H groups in total. The molecule has 104 valence electrons. The summed E-state index contributed by atoms with van der Waals surface area (Å²) in [6, 6.07) is 18.7. The fourth-order valence-electron chi connectivity index (χ4n) is 1.86. The molecule has 0 radical (unpaired) electrons. The van der Waals surface area contributed by atoms with Gasteiger partial charge in [0.05, 0.1) is 0 Å². The minimum atomic E-state index is 0.0155. The third kappa shape index (κ3) is 4.78. The summed E-state index contributed by atoms with van der Waals surface area (Å²) in [6.07, 6.45) is 0. The maximum atomic E-state index is 11.4. The van der Waals surface area contributed by atoms with E-state index in [1.165, 1.54) is 4.46 Å². The average molecular weight is 397 g/mol. The summed E-state index contributed by atoms with van der Waals surface area (Å²) in [5.41, 5.74) is 1.15. The molecule has 0 aromatic heterocycles. The second-order valence-electron chi connectivity index (χ2n) is 4.43. The topological polar surface area (TPSA) is 29.1 Å². The van der Waals surface area contributed by atoms with E-state index in [0.717, 1.165) is 15.4 Å². The van der Waals surface area contributed by atoms with Crippen molar-refractivity contribution in [2.45, 2.75) is 18.3 Å².